The molecular formula is C15H19NO3S. The molecule has 20 heavy (non-hydrogen) atoms. The van der Waals surface area contributed by atoms with Crippen LogP contribution in [0.3, 0.4) is 0 Å². The Balaban J connectivity index is 1.69. The monoisotopic (exact) mass is 293 g/mol. The third kappa shape index (κ3) is 2.59. The molecule has 1 aliphatic carbocycles. The second-order valence-electron chi connectivity index (χ2n) is 5.81. The summed E-state index contributed by atoms with van der Waals surface area (Å²) in [5, 5.41) is 8.93. The fraction of sp³-hybridized carbons (Fsp3) is 0.600. The maximum atomic E-state index is 12.5. The lowest BCUT2D eigenvalue weighted by atomic mass is 9.75. The van der Waals surface area contributed by atoms with E-state index in [1.54, 1.807) is 6.07 Å². The van der Waals surface area contributed by atoms with Crippen LogP contribution in [-0.4, -0.2) is 35.0 Å². The highest BCUT2D eigenvalue weighted by Gasteiger charge is 2.33. The predicted octanol–water partition coefficient (Wildman–Crippen LogP) is 3.10. The van der Waals surface area contributed by atoms with Gasteiger partial charge in [0.1, 0.15) is 4.88 Å². The van der Waals surface area contributed by atoms with Crippen LogP contribution in [0, 0.1) is 11.8 Å². The van der Waals surface area contributed by atoms with Crippen molar-refractivity contribution in [2.75, 3.05) is 13.1 Å². The van der Waals surface area contributed by atoms with E-state index in [1.807, 2.05) is 4.90 Å². The van der Waals surface area contributed by atoms with Crippen LogP contribution >= 0.6 is 11.3 Å². The van der Waals surface area contributed by atoms with E-state index >= 15 is 0 Å². The second-order valence-corrected chi connectivity index (χ2v) is 6.90. The Bertz CT molecular complexity index is 525. The number of piperidine rings is 1. The summed E-state index contributed by atoms with van der Waals surface area (Å²) in [5.41, 5.74) is 0. The van der Waals surface area contributed by atoms with E-state index in [0.29, 0.717) is 10.8 Å². The molecule has 2 aliphatic rings. The Morgan fingerprint density at radius 3 is 2.50 bits per heavy atom. The number of amides is 1. The van der Waals surface area contributed by atoms with Crippen LogP contribution in [0.5, 0.6) is 0 Å². The van der Waals surface area contributed by atoms with Crippen molar-refractivity contribution in [1.82, 2.24) is 4.90 Å². The summed E-state index contributed by atoms with van der Waals surface area (Å²) in [6.07, 6.45) is 6.27. The number of thiophene rings is 1. The largest absolute Gasteiger partial charge is 0.477 e. The normalized spacial score (nSPS) is 26.1. The zero-order valence-electron chi connectivity index (χ0n) is 11.4. The van der Waals surface area contributed by atoms with Crippen molar-refractivity contribution in [3.05, 3.63) is 21.9 Å². The topological polar surface area (TPSA) is 57.6 Å². The maximum Gasteiger partial charge on any atom is 0.345 e. The van der Waals surface area contributed by atoms with Crippen LogP contribution in [0.1, 0.15) is 51.4 Å². The number of carboxylic acid groups (broad SMARTS) is 1. The van der Waals surface area contributed by atoms with Crippen LogP contribution in [0.2, 0.25) is 0 Å². The van der Waals surface area contributed by atoms with Gasteiger partial charge in [-0.25, -0.2) is 4.79 Å². The number of carbonyl (C=O) groups excluding carboxylic acids is 1. The molecule has 1 saturated heterocycles. The molecule has 108 valence electrons. The highest BCUT2D eigenvalue weighted by Crippen LogP contribution is 2.36. The van der Waals surface area contributed by atoms with Crippen molar-refractivity contribution in [3.63, 3.8) is 0 Å². The predicted molar refractivity (Wildman–Crippen MR) is 77.2 cm³/mol. The first-order valence-electron chi connectivity index (χ1n) is 7.27. The summed E-state index contributed by atoms with van der Waals surface area (Å²) in [6, 6.07) is 3.16. The average Bonchev–Trinajstić information content (AvgIpc) is 2.96. The van der Waals surface area contributed by atoms with Gasteiger partial charge in [-0.15, -0.1) is 11.3 Å². The number of fused-ring (bicyclic) bond motifs is 1. The number of hydrogen-bond acceptors (Lipinski definition) is 3. The highest BCUT2D eigenvalue weighted by molar-refractivity contribution is 7.15. The molecule has 1 saturated carbocycles. The van der Waals surface area contributed by atoms with Crippen molar-refractivity contribution in [3.8, 4) is 0 Å². The molecule has 2 atom stereocenters. The smallest absolute Gasteiger partial charge is 0.345 e. The molecular weight excluding hydrogens is 274 g/mol. The summed E-state index contributed by atoms with van der Waals surface area (Å²) in [6.45, 7) is 1.67. The number of rotatable bonds is 2. The van der Waals surface area contributed by atoms with Gasteiger partial charge in [0.05, 0.1) is 4.88 Å². The second kappa shape index (κ2) is 5.56. The molecule has 5 heteroatoms. The van der Waals surface area contributed by atoms with Crippen LogP contribution in [0.25, 0.3) is 0 Å². The van der Waals surface area contributed by atoms with E-state index < -0.39 is 5.97 Å². The van der Waals surface area contributed by atoms with Gasteiger partial charge in [-0.1, -0.05) is 19.3 Å². The number of likely N-dealkylation sites (tertiary alicyclic amines) is 1. The molecule has 2 fully saturated rings. The zero-order valence-corrected chi connectivity index (χ0v) is 12.2. The SMILES string of the molecule is O=C(O)c1ccc(C(=O)N2CC[C@@H]3CCCC[C@H]3C2)s1. The number of hydrogen-bond donors (Lipinski definition) is 1. The summed E-state index contributed by atoms with van der Waals surface area (Å²) >= 11 is 1.08. The van der Waals surface area contributed by atoms with E-state index in [1.165, 1.54) is 31.7 Å². The molecule has 4 nitrogen and oxygen atoms in total. The Kier molecular flexibility index (Phi) is 3.78. The van der Waals surface area contributed by atoms with Crippen molar-refractivity contribution in [2.24, 2.45) is 11.8 Å². The van der Waals surface area contributed by atoms with E-state index in [2.05, 4.69) is 0 Å². The number of aromatic carboxylic acids is 1. The number of carbonyl (C=O) groups is 2. The highest BCUT2D eigenvalue weighted by atomic mass is 32.1. The Morgan fingerprint density at radius 1 is 1.10 bits per heavy atom. The molecule has 1 aromatic heterocycles. The lowest BCUT2D eigenvalue weighted by Crippen LogP contribution is -2.44. The van der Waals surface area contributed by atoms with Crippen LogP contribution < -0.4 is 0 Å². The summed E-state index contributed by atoms with van der Waals surface area (Å²) < 4.78 is 0. The number of carboxylic acids is 1. The minimum atomic E-state index is -0.958. The Hall–Kier alpha value is -1.36. The van der Waals surface area contributed by atoms with Crippen molar-refractivity contribution < 1.29 is 14.7 Å². The quantitative estimate of drug-likeness (QED) is 0.911. The first-order chi connectivity index (χ1) is 9.65. The third-order valence-corrected chi connectivity index (χ3v) is 5.67. The van der Waals surface area contributed by atoms with Gasteiger partial charge in [0.15, 0.2) is 0 Å². The Morgan fingerprint density at radius 2 is 1.80 bits per heavy atom. The molecule has 2 heterocycles. The van der Waals surface area contributed by atoms with Crippen molar-refractivity contribution >= 4 is 23.2 Å². The number of nitrogens with zero attached hydrogens (tertiary/aromatic N) is 1. The van der Waals surface area contributed by atoms with Crippen LogP contribution in [0.4, 0.5) is 0 Å². The summed E-state index contributed by atoms with van der Waals surface area (Å²) in [7, 11) is 0. The first kappa shape index (κ1) is 13.6. The first-order valence-corrected chi connectivity index (χ1v) is 8.09. The molecule has 0 aromatic carbocycles. The molecule has 1 N–H and O–H groups in total. The molecule has 1 aromatic rings. The summed E-state index contributed by atoms with van der Waals surface area (Å²) in [4.78, 5) is 26.1. The van der Waals surface area contributed by atoms with E-state index in [-0.39, 0.29) is 10.8 Å². The van der Waals surface area contributed by atoms with E-state index in [0.717, 1.165) is 36.8 Å². The fourth-order valence-corrected chi connectivity index (χ4v) is 4.32. The van der Waals surface area contributed by atoms with Gasteiger partial charge < -0.3 is 10.0 Å². The van der Waals surface area contributed by atoms with Gasteiger partial charge in [-0.2, -0.15) is 0 Å². The average molecular weight is 293 g/mol. The van der Waals surface area contributed by atoms with Gasteiger partial charge >= 0.3 is 5.97 Å². The lowest BCUT2D eigenvalue weighted by molar-refractivity contribution is 0.0525. The van der Waals surface area contributed by atoms with Gasteiger partial charge in [0.2, 0.25) is 0 Å². The third-order valence-electron chi connectivity index (χ3n) is 4.61. The minimum absolute atomic E-state index is 0.00604. The molecule has 0 unspecified atom stereocenters. The van der Waals surface area contributed by atoms with Gasteiger partial charge in [0.25, 0.3) is 5.91 Å². The van der Waals surface area contributed by atoms with Crippen molar-refractivity contribution in [1.29, 1.82) is 0 Å². The van der Waals surface area contributed by atoms with Gasteiger partial charge in [-0.3, -0.25) is 4.79 Å². The zero-order chi connectivity index (χ0) is 14.1. The maximum absolute atomic E-state index is 12.5. The molecule has 0 bridgehead atoms. The van der Waals surface area contributed by atoms with Crippen LogP contribution in [0.15, 0.2) is 12.1 Å². The van der Waals surface area contributed by atoms with Gasteiger partial charge in [-0.05, 0) is 36.8 Å². The molecule has 0 radical (unpaired) electrons. The molecule has 0 spiro atoms. The van der Waals surface area contributed by atoms with Crippen LogP contribution in [-0.2, 0) is 0 Å². The lowest BCUT2D eigenvalue weighted by Gasteiger charge is -2.41. The summed E-state index contributed by atoms with van der Waals surface area (Å²) in [5.74, 6) is 0.498. The van der Waals surface area contributed by atoms with Crippen molar-refractivity contribution in [2.45, 2.75) is 32.1 Å². The molecule has 3 rings (SSSR count). The van der Waals surface area contributed by atoms with Gasteiger partial charge in [0, 0.05) is 13.1 Å². The molecule has 1 aliphatic heterocycles. The minimum Gasteiger partial charge on any atom is -0.477 e. The van der Waals surface area contributed by atoms with E-state index in [9.17, 15) is 9.59 Å². The fourth-order valence-electron chi connectivity index (χ4n) is 3.51. The molecule has 1 amide bonds. The van der Waals surface area contributed by atoms with E-state index in [4.69, 9.17) is 5.11 Å². The standard InChI is InChI=1S/C15H19NO3S/c17-14(12-5-6-13(20-12)15(18)19)16-8-7-10-3-1-2-4-11(10)9-16/h5-6,10-11H,1-4,7-9H2,(H,18,19)/t10-,11-/m0/s1. The Labute approximate surface area is 122 Å².